The molecule has 1 aliphatic rings. The number of amides is 2. The van der Waals surface area contributed by atoms with Crippen LogP contribution in [0.3, 0.4) is 0 Å². The summed E-state index contributed by atoms with van der Waals surface area (Å²) in [5, 5.41) is 2.66. The highest BCUT2D eigenvalue weighted by molar-refractivity contribution is 5.85. The Morgan fingerprint density at radius 2 is 2.05 bits per heavy atom. The maximum Gasteiger partial charge on any atom is 0.239 e. The lowest BCUT2D eigenvalue weighted by Gasteiger charge is -2.33. The van der Waals surface area contributed by atoms with E-state index in [1.165, 1.54) is 0 Å². The number of benzene rings is 1. The fourth-order valence-electron chi connectivity index (χ4n) is 2.79. The van der Waals surface area contributed by atoms with Crippen LogP contribution in [0.15, 0.2) is 30.3 Å². The molecule has 6 heteroatoms. The minimum Gasteiger partial charge on any atom is -0.359 e. The van der Waals surface area contributed by atoms with E-state index >= 15 is 0 Å². The Kier molecular flexibility index (Phi) is 7.35. The molecule has 1 unspecified atom stereocenters. The number of hydrogen-bond donors (Lipinski definition) is 2. The third-order valence-corrected chi connectivity index (χ3v) is 3.97. The molecule has 1 aromatic carbocycles. The van der Waals surface area contributed by atoms with Crippen molar-refractivity contribution in [3.63, 3.8) is 0 Å². The Hall–Kier alpha value is -1.59. The van der Waals surface area contributed by atoms with Gasteiger partial charge in [0.25, 0.3) is 0 Å². The minimum atomic E-state index is -0.546. The number of carbonyl (C=O) groups is 2. The van der Waals surface area contributed by atoms with Gasteiger partial charge in [-0.25, -0.2) is 0 Å². The first kappa shape index (κ1) is 18.5. The number of nitrogens with one attached hydrogen (secondary N) is 1. The number of halogens is 1. The van der Waals surface area contributed by atoms with Crippen LogP contribution in [0.5, 0.6) is 0 Å². The number of likely N-dealkylation sites (tertiary alicyclic amines) is 1. The third-order valence-electron chi connectivity index (χ3n) is 3.97. The van der Waals surface area contributed by atoms with Crippen molar-refractivity contribution in [2.24, 2.45) is 11.7 Å². The predicted octanol–water partition coefficient (Wildman–Crippen LogP) is 0.963. The molecule has 1 aromatic rings. The zero-order valence-electron chi connectivity index (χ0n) is 12.8. The highest BCUT2D eigenvalue weighted by Crippen LogP contribution is 2.17. The minimum absolute atomic E-state index is 0. The summed E-state index contributed by atoms with van der Waals surface area (Å²) in [6.07, 6.45) is 2.21. The van der Waals surface area contributed by atoms with Crippen LogP contribution >= 0.6 is 12.4 Å². The molecule has 22 heavy (non-hydrogen) atoms. The van der Waals surface area contributed by atoms with Gasteiger partial charge in [-0.15, -0.1) is 12.4 Å². The van der Waals surface area contributed by atoms with E-state index < -0.39 is 6.04 Å². The first-order valence-corrected chi connectivity index (χ1v) is 7.41. The third kappa shape index (κ3) is 4.71. The van der Waals surface area contributed by atoms with Crippen LogP contribution < -0.4 is 11.1 Å². The van der Waals surface area contributed by atoms with Gasteiger partial charge in [0.15, 0.2) is 0 Å². The van der Waals surface area contributed by atoms with Gasteiger partial charge in [0.05, 0.1) is 12.0 Å². The average molecular weight is 326 g/mol. The Labute approximate surface area is 137 Å². The second kappa shape index (κ2) is 8.76. The van der Waals surface area contributed by atoms with Gasteiger partial charge in [-0.2, -0.15) is 0 Å². The van der Waals surface area contributed by atoms with Crippen molar-refractivity contribution in [3.05, 3.63) is 35.9 Å². The first-order chi connectivity index (χ1) is 10.1. The van der Waals surface area contributed by atoms with Gasteiger partial charge < -0.3 is 16.0 Å². The lowest BCUT2D eigenvalue weighted by Crippen LogP contribution is -2.50. The van der Waals surface area contributed by atoms with E-state index in [9.17, 15) is 9.59 Å². The molecule has 0 aliphatic carbocycles. The van der Waals surface area contributed by atoms with Crippen molar-refractivity contribution in [3.8, 4) is 0 Å². The Bertz CT molecular complexity index is 495. The quantitative estimate of drug-likeness (QED) is 0.866. The smallest absolute Gasteiger partial charge is 0.239 e. The van der Waals surface area contributed by atoms with E-state index in [4.69, 9.17) is 5.73 Å². The van der Waals surface area contributed by atoms with Gasteiger partial charge in [0.2, 0.25) is 11.8 Å². The van der Waals surface area contributed by atoms with Crippen LogP contribution in [0.4, 0.5) is 0 Å². The monoisotopic (exact) mass is 325 g/mol. The van der Waals surface area contributed by atoms with Gasteiger partial charge >= 0.3 is 0 Å². The van der Waals surface area contributed by atoms with Gasteiger partial charge in [-0.1, -0.05) is 30.3 Å². The van der Waals surface area contributed by atoms with Crippen molar-refractivity contribution in [1.29, 1.82) is 0 Å². The Morgan fingerprint density at radius 3 is 2.68 bits per heavy atom. The summed E-state index contributed by atoms with van der Waals surface area (Å²) in [6.45, 7) is 1.16. The standard InChI is InChI=1S/C16H23N3O2.ClH/c1-18-15(20)13-8-5-9-19(11-13)16(21)14(17)10-12-6-3-2-4-7-12;/h2-4,6-7,13-14H,5,8-11,17H2,1H3,(H,18,20);1H/t13?,14-;/m0./s1. The molecule has 2 rings (SSSR count). The van der Waals surface area contributed by atoms with E-state index in [0.717, 1.165) is 18.4 Å². The Balaban J connectivity index is 0.00000242. The molecule has 5 nitrogen and oxygen atoms in total. The molecule has 1 aliphatic heterocycles. The van der Waals surface area contributed by atoms with Crippen molar-refractivity contribution in [2.75, 3.05) is 20.1 Å². The van der Waals surface area contributed by atoms with Gasteiger partial charge in [-0.05, 0) is 24.8 Å². The summed E-state index contributed by atoms with van der Waals surface area (Å²) >= 11 is 0. The van der Waals surface area contributed by atoms with Gasteiger partial charge in [0, 0.05) is 20.1 Å². The molecule has 0 bridgehead atoms. The number of piperidine rings is 1. The molecule has 0 spiro atoms. The van der Waals surface area contributed by atoms with Crippen molar-refractivity contribution >= 4 is 24.2 Å². The van der Waals surface area contributed by atoms with Crippen LogP contribution in [0.1, 0.15) is 18.4 Å². The molecular formula is C16H24ClN3O2. The maximum atomic E-state index is 12.4. The van der Waals surface area contributed by atoms with Crippen LogP contribution in [0.2, 0.25) is 0 Å². The fraction of sp³-hybridized carbons (Fsp3) is 0.500. The first-order valence-electron chi connectivity index (χ1n) is 7.41. The fourth-order valence-corrected chi connectivity index (χ4v) is 2.79. The second-order valence-electron chi connectivity index (χ2n) is 5.53. The lowest BCUT2D eigenvalue weighted by molar-refractivity contribution is -0.136. The van der Waals surface area contributed by atoms with Gasteiger partial charge in [-0.3, -0.25) is 9.59 Å². The normalized spacial score (nSPS) is 19.0. The van der Waals surface area contributed by atoms with Crippen LogP contribution in [-0.4, -0.2) is 42.9 Å². The highest BCUT2D eigenvalue weighted by Gasteiger charge is 2.30. The number of nitrogens with two attached hydrogens (primary N) is 1. The van der Waals surface area contributed by atoms with Gasteiger partial charge in [0.1, 0.15) is 0 Å². The molecule has 0 saturated carbocycles. The predicted molar refractivity (Wildman–Crippen MR) is 88.7 cm³/mol. The van der Waals surface area contributed by atoms with E-state index in [2.05, 4.69) is 5.32 Å². The van der Waals surface area contributed by atoms with Crippen molar-refractivity contribution in [1.82, 2.24) is 10.2 Å². The van der Waals surface area contributed by atoms with E-state index in [0.29, 0.717) is 19.5 Å². The zero-order chi connectivity index (χ0) is 15.2. The molecule has 1 saturated heterocycles. The summed E-state index contributed by atoms with van der Waals surface area (Å²) in [7, 11) is 1.63. The number of carbonyl (C=O) groups excluding carboxylic acids is 2. The average Bonchev–Trinajstić information content (AvgIpc) is 2.54. The number of rotatable bonds is 4. The second-order valence-corrected chi connectivity index (χ2v) is 5.53. The van der Waals surface area contributed by atoms with E-state index in [1.807, 2.05) is 30.3 Å². The Morgan fingerprint density at radius 1 is 1.36 bits per heavy atom. The van der Waals surface area contributed by atoms with Crippen LogP contribution in [-0.2, 0) is 16.0 Å². The zero-order valence-corrected chi connectivity index (χ0v) is 13.6. The summed E-state index contributed by atoms with van der Waals surface area (Å²) in [4.78, 5) is 25.9. The highest BCUT2D eigenvalue weighted by atomic mass is 35.5. The molecule has 0 radical (unpaired) electrons. The SMILES string of the molecule is CNC(=O)C1CCCN(C(=O)[C@@H](N)Cc2ccccc2)C1.Cl. The molecule has 3 N–H and O–H groups in total. The molecule has 2 amide bonds. The van der Waals surface area contributed by atoms with Crippen LogP contribution in [0, 0.1) is 5.92 Å². The summed E-state index contributed by atoms with van der Waals surface area (Å²) in [5.74, 6) is -0.173. The summed E-state index contributed by atoms with van der Waals surface area (Å²) in [5.41, 5.74) is 7.10. The maximum absolute atomic E-state index is 12.4. The molecule has 1 fully saturated rings. The molecular weight excluding hydrogens is 302 g/mol. The number of hydrogen-bond acceptors (Lipinski definition) is 3. The summed E-state index contributed by atoms with van der Waals surface area (Å²) in [6, 6.07) is 9.21. The van der Waals surface area contributed by atoms with E-state index in [1.54, 1.807) is 11.9 Å². The summed E-state index contributed by atoms with van der Waals surface area (Å²) < 4.78 is 0. The molecule has 2 atom stereocenters. The molecule has 122 valence electrons. The lowest BCUT2D eigenvalue weighted by atomic mass is 9.96. The topological polar surface area (TPSA) is 75.4 Å². The molecule has 0 aromatic heterocycles. The van der Waals surface area contributed by atoms with Crippen molar-refractivity contribution < 1.29 is 9.59 Å². The van der Waals surface area contributed by atoms with Crippen LogP contribution in [0.25, 0.3) is 0 Å². The number of nitrogens with zero attached hydrogens (tertiary/aromatic N) is 1. The molecule has 1 heterocycles. The van der Waals surface area contributed by atoms with Crippen molar-refractivity contribution in [2.45, 2.75) is 25.3 Å². The largest absolute Gasteiger partial charge is 0.359 e. The van der Waals surface area contributed by atoms with E-state index in [-0.39, 0.29) is 30.1 Å².